The zero-order valence-corrected chi connectivity index (χ0v) is 11.6. The molecule has 0 amide bonds. The monoisotopic (exact) mass is 305 g/mol. The third kappa shape index (κ3) is 4.17. The summed E-state index contributed by atoms with van der Waals surface area (Å²) in [4.78, 5) is 0. The van der Waals surface area contributed by atoms with Gasteiger partial charge in [0.05, 0.1) is 0 Å². The molecule has 0 bridgehead atoms. The van der Waals surface area contributed by atoms with Gasteiger partial charge in [0.2, 0.25) is 0 Å². The van der Waals surface area contributed by atoms with Crippen LogP contribution in [0.3, 0.4) is 0 Å². The van der Waals surface area contributed by atoms with Crippen LogP contribution in [0.15, 0.2) is 59.1 Å². The zero-order chi connectivity index (χ0) is 12.8. The lowest BCUT2D eigenvalue weighted by atomic mass is 10.1. The normalized spacial score (nSPS) is 12.1. The molecule has 0 spiro atoms. The van der Waals surface area contributed by atoms with Crippen LogP contribution in [-0.2, 0) is 6.42 Å². The summed E-state index contributed by atoms with van der Waals surface area (Å²) in [7, 11) is 0. The van der Waals surface area contributed by atoms with Gasteiger partial charge in [-0.15, -0.1) is 0 Å². The number of hydrogen-bond donors (Lipinski definition) is 1. The highest BCUT2D eigenvalue weighted by Gasteiger charge is 2.05. The van der Waals surface area contributed by atoms with Gasteiger partial charge in [-0.1, -0.05) is 46.3 Å². The van der Waals surface area contributed by atoms with Gasteiger partial charge in [-0.3, -0.25) is 0 Å². The zero-order valence-electron chi connectivity index (χ0n) is 10.1. The first-order valence-corrected chi connectivity index (χ1v) is 6.71. The number of halogens is 1. The van der Waals surface area contributed by atoms with Gasteiger partial charge in [0, 0.05) is 10.5 Å². The summed E-state index contributed by atoms with van der Waals surface area (Å²) >= 11 is 3.39. The van der Waals surface area contributed by atoms with Crippen molar-refractivity contribution in [3.8, 4) is 5.75 Å². The van der Waals surface area contributed by atoms with Crippen molar-refractivity contribution in [3.05, 3.63) is 64.6 Å². The van der Waals surface area contributed by atoms with Gasteiger partial charge >= 0.3 is 0 Å². The molecule has 94 valence electrons. The minimum atomic E-state index is 0.0102. The number of ether oxygens (including phenoxy) is 1. The minimum Gasteiger partial charge on any atom is -0.492 e. The molecule has 1 atom stereocenters. The molecule has 3 heteroatoms. The predicted molar refractivity (Wildman–Crippen MR) is 77.8 cm³/mol. The van der Waals surface area contributed by atoms with Crippen molar-refractivity contribution < 1.29 is 4.74 Å². The summed E-state index contributed by atoms with van der Waals surface area (Å²) in [6.07, 6.45) is 0.831. The van der Waals surface area contributed by atoms with E-state index < -0.39 is 0 Å². The Morgan fingerprint density at radius 2 is 1.67 bits per heavy atom. The second-order valence-electron chi connectivity index (χ2n) is 4.21. The van der Waals surface area contributed by atoms with Crippen LogP contribution in [0.1, 0.15) is 5.56 Å². The van der Waals surface area contributed by atoms with E-state index in [2.05, 4.69) is 28.1 Å². The highest BCUT2D eigenvalue weighted by molar-refractivity contribution is 9.10. The molecule has 2 N–H and O–H groups in total. The van der Waals surface area contributed by atoms with Crippen molar-refractivity contribution in [1.29, 1.82) is 0 Å². The van der Waals surface area contributed by atoms with Crippen LogP contribution in [-0.4, -0.2) is 12.6 Å². The fraction of sp³-hybridized carbons (Fsp3) is 0.200. The highest BCUT2D eigenvalue weighted by Crippen LogP contribution is 2.16. The Kier molecular flexibility index (Phi) is 4.79. The van der Waals surface area contributed by atoms with E-state index in [9.17, 15) is 0 Å². The van der Waals surface area contributed by atoms with Gasteiger partial charge in [0.25, 0.3) is 0 Å². The third-order valence-electron chi connectivity index (χ3n) is 2.62. The van der Waals surface area contributed by atoms with E-state index in [0.717, 1.165) is 16.6 Å². The molecule has 0 aliphatic rings. The molecule has 0 aliphatic carbocycles. The summed E-state index contributed by atoms with van der Waals surface area (Å²) in [6, 6.07) is 18.0. The maximum absolute atomic E-state index is 6.05. The molecule has 2 aromatic carbocycles. The average molecular weight is 306 g/mol. The maximum Gasteiger partial charge on any atom is 0.119 e. The highest BCUT2D eigenvalue weighted by atomic mass is 79.9. The predicted octanol–water partition coefficient (Wildman–Crippen LogP) is 3.40. The minimum absolute atomic E-state index is 0.0102. The van der Waals surface area contributed by atoms with Gasteiger partial charge in [-0.2, -0.15) is 0 Å². The molecule has 1 unspecified atom stereocenters. The number of rotatable bonds is 5. The number of hydrogen-bond acceptors (Lipinski definition) is 2. The van der Waals surface area contributed by atoms with E-state index in [0.29, 0.717) is 6.61 Å². The van der Waals surface area contributed by atoms with Gasteiger partial charge in [-0.05, 0) is 36.2 Å². The molecule has 2 aromatic rings. The lowest BCUT2D eigenvalue weighted by molar-refractivity contribution is 0.287. The summed E-state index contributed by atoms with van der Waals surface area (Å²) in [5.41, 5.74) is 7.29. The van der Waals surface area contributed by atoms with E-state index in [4.69, 9.17) is 10.5 Å². The van der Waals surface area contributed by atoms with Crippen LogP contribution in [0.2, 0.25) is 0 Å². The van der Waals surface area contributed by atoms with Crippen LogP contribution >= 0.6 is 15.9 Å². The van der Waals surface area contributed by atoms with Gasteiger partial charge in [-0.25, -0.2) is 0 Å². The lowest BCUT2D eigenvalue weighted by Gasteiger charge is -2.13. The molecule has 2 rings (SSSR count). The van der Waals surface area contributed by atoms with Crippen molar-refractivity contribution in [2.24, 2.45) is 5.73 Å². The molecule has 0 saturated heterocycles. The van der Waals surface area contributed by atoms with Crippen molar-refractivity contribution in [2.45, 2.75) is 12.5 Å². The second-order valence-corrected chi connectivity index (χ2v) is 5.13. The van der Waals surface area contributed by atoms with E-state index >= 15 is 0 Å². The molecule has 0 radical (unpaired) electrons. The van der Waals surface area contributed by atoms with Gasteiger partial charge < -0.3 is 10.5 Å². The number of nitrogens with two attached hydrogens (primary N) is 1. The van der Waals surface area contributed by atoms with Crippen molar-refractivity contribution >= 4 is 15.9 Å². The molecule has 0 aromatic heterocycles. The van der Waals surface area contributed by atoms with E-state index in [1.807, 2.05) is 42.5 Å². The van der Waals surface area contributed by atoms with Crippen LogP contribution in [0, 0.1) is 0 Å². The summed E-state index contributed by atoms with van der Waals surface area (Å²) < 4.78 is 6.69. The fourth-order valence-electron chi connectivity index (χ4n) is 1.71. The van der Waals surface area contributed by atoms with Crippen LogP contribution in [0.25, 0.3) is 0 Å². The summed E-state index contributed by atoms with van der Waals surface area (Å²) in [5.74, 6) is 0.849. The van der Waals surface area contributed by atoms with Crippen molar-refractivity contribution in [3.63, 3.8) is 0 Å². The van der Waals surface area contributed by atoms with Crippen molar-refractivity contribution in [2.75, 3.05) is 6.61 Å². The molecular weight excluding hydrogens is 290 g/mol. The Morgan fingerprint density at radius 3 is 2.33 bits per heavy atom. The lowest BCUT2D eigenvalue weighted by Crippen LogP contribution is -2.30. The van der Waals surface area contributed by atoms with Crippen molar-refractivity contribution in [1.82, 2.24) is 0 Å². The maximum atomic E-state index is 6.05. The molecule has 0 aliphatic heterocycles. The fourth-order valence-corrected chi connectivity index (χ4v) is 1.97. The van der Waals surface area contributed by atoms with E-state index in [-0.39, 0.29) is 6.04 Å². The van der Waals surface area contributed by atoms with Gasteiger partial charge in [0.15, 0.2) is 0 Å². The molecule has 2 nitrogen and oxygen atoms in total. The SMILES string of the molecule is NC(COc1ccc(Br)cc1)Cc1ccccc1. The molecule has 18 heavy (non-hydrogen) atoms. The molecule has 0 heterocycles. The van der Waals surface area contributed by atoms with Crippen LogP contribution < -0.4 is 10.5 Å². The summed E-state index contributed by atoms with van der Waals surface area (Å²) in [5, 5.41) is 0. The molecule has 0 fully saturated rings. The molecular formula is C15H16BrNO. The first-order valence-electron chi connectivity index (χ1n) is 5.92. The van der Waals surface area contributed by atoms with E-state index in [1.54, 1.807) is 0 Å². The van der Waals surface area contributed by atoms with Crippen LogP contribution in [0.5, 0.6) is 5.75 Å². The Morgan fingerprint density at radius 1 is 1.00 bits per heavy atom. The van der Waals surface area contributed by atoms with Crippen LogP contribution in [0.4, 0.5) is 0 Å². The first-order chi connectivity index (χ1) is 8.74. The van der Waals surface area contributed by atoms with E-state index in [1.165, 1.54) is 5.56 Å². The Balaban J connectivity index is 1.81. The average Bonchev–Trinajstić information content (AvgIpc) is 2.39. The largest absolute Gasteiger partial charge is 0.492 e. The summed E-state index contributed by atoms with van der Waals surface area (Å²) in [6.45, 7) is 0.524. The third-order valence-corrected chi connectivity index (χ3v) is 3.15. The standard InChI is InChI=1S/C15H16BrNO/c16-13-6-8-15(9-7-13)18-11-14(17)10-12-4-2-1-3-5-12/h1-9,14H,10-11,17H2. The van der Waals surface area contributed by atoms with Gasteiger partial charge in [0.1, 0.15) is 12.4 Å². The second kappa shape index (κ2) is 6.57. The Hall–Kier alpha value is -1.32. The Labute approximate surface area is 116 Å². The first kappa shape index (κ1) is 13.1. The smallest absolute Gasteiger partial charge is 0.119 e. The Bertz CT molecular complexity index is 470. The number of benzene rings is 2. The topological polar surface area (TPSA) is 35.2 Å². The molecule has 0 saturated carbocycles. The quantitative estimate of drug-likeness (QED) is 0.919.